The minimum absolute atomic E-state index is 0.0303. The lowest BCUT2D eigenvalue weighted by Crippen LogP contribution is -2.14. The third kappa shape index (κ3) is 4.65. The molecule has 182 valence electrons. The fourth-order valence-electron chi connectivity index (χ4n) is 3.43. The van der Waals surface area contributed by atoms with E-state index < -0.39 is 69.3 Å². The van der Waals surface area contributed by atoms with Gasteiger partial charge >= 0.3 is 6.18 Å². The maximum atomic E-state index is 14.8. The number of nitrogens with zero attached hydrogens (tertiary/aromatic N) is 3. The first-order valence-electron chi connectivity index (χ1n) is 11.1. The van der Waals surface area contributed by atoms with Crippen LogP contribution in [0, 0.1) is 11.6 Å². The Labute approximate surface area is 207 Å². The molecule has 2 aromatic carbocycles. The van der Waals surface area contributed by atoms with E-state index in [1.165, 1.54) is 24.3 Å². The second-order valence-corrected chi connectivity index (χ2v) is 8.54. The van der Waals surface area contributed by atoms with Crippen molar-refractivity contribution in [2.45, 2.75) is 31.7 Å². The summed E-state index contributed by atoms with van der Waals surface area (Å²) >= 11 is 12.0. The normalized spacial score (nSPS) is 15.3. The number of benzene rings is 2. The Balaban J connectivity index is 1.78. The zero-order chi connectivity index (χ0) is 26.7. The Morgan fingerprint density at radius 3 is 2.60 bits per heavy atom. The second kappa shape index (κ2) is 8.92. The molecule has 2 heterocycles. The summed E-state index contributed by atoms with van der Waals surface area (Å²) in [6, 6.07) is 6.73. The quantitative estimate of drug-likeness (QED) is 0.242. The Morgan fingerprint density at radius 1 is 1.17 bits per heavy atom. The van der Waals surface area contributed by atoms with E-state index in [9.17, 15) is 22.0 Å². The highest BCUT2D eigenvalue weighted by Gasteiger charge is 2.41. The molecule has 0 saturated heterocycles. The lowest BCUT2D eigenvalue weighted by molar-refractivity contribution is -0.142. The number of rotatable bonds is 6. The first-order chi connectivity index (χ1) is 17.4. The largest absolute Gasteiger partial charge is 0.434 e. The Kier molecular flexibility index (Phi) is 5.44. The molecule has 5 nitrogen and oxygen atoms in total. The first kappa shape index (κ1) is 21.3. The molecule has 2 aromatic heterocycles. The van der Waals surface area contributed by atoms with Crippen molar-refractivity contribution >= 4 is 23.2 Å². The molecule has 0 atom stereocenters. The average molecular weight is 532 g/mol. The van der Waals surface area contributed by atoms with Crippen molar-refractivity contribution in [1.29, 1.82) is 0 Å². The molecule has 0 bridgehead atoms. The highest BCUT2D eigenvalue weighted by molar-refractivity contribution is 6.33. The molecule has 5 rings (SSSR count). The summed E-state index contributed by atoms with van der Waals surface area (Å²) in [7, 11) is 0. The van der Waals surface area contributed by atoms with Crippen LogP contribution in [0.15, 0.2) is 47.1 Å². The van der Waals surface area contributed by atoms with Crippen LogP contribution in [-0.2, 0) is 17.5 Å². The van der Waals surface area contributed by atoms with Crippen LogP contribution >= 0.6 is 23.2 Å². The third-order valence-corrected chi connectivity index (χ3v) is 5.66. The number of alkyl halides is 3. The van der Waals surface area contributed by atoms with Crippen LogP contribution < -0.4 is 0 Å². The van der Waals surface area contributed by atoms with E-state index in [0.29, 0.717) is 23.6 Å². The lowest BCUT2D eigenvalue weighted by atomic mass is 10.0. The lowest BCUT2D eigenvalue weighted by Gasteiger charge is -2.13. The van der Waals surface area contributed by atoms with Crippen molar-refractivity contribution in [3.63, 3.8) is 0 Å². The summed E-state index contributed by atoms with van der Waals surface area (Å²) in [5, 5.41) is 7.15. The van der Waals surface area contributed by atoms with Gasteiger partial charge < -0.3 is 9.26 Å². The second-order valence-electron chi connectivity index (χ2n) is 7.70. The molecule has 0 radical (unpaired) electrons. The van der Waals surface area contributed by atoms with Crippen molar-refractivity contribution < 1.29 is 34.0 Å². The summed E-state index contributed by atoms with van der Waals surface area (Å²) in [4.78, 5) is 0. The van der Waals surface area contributed by atoms with Crippen molar-refractivity contribution in [3.8, 4) is 28.3 Å². The van der Waals surface area contributed by atoms with Crippen LogP contribution in [0.3, 0.4) is 0 Å². The number of halogens is 7. The molecular formula is C23H14Cl2F5N3O2. The number of hydrogen-bond donors (Lipinski definition) is 0. The van der Waals surface area contributed by atoms with Gasteiger partial charge in [0, 0.05) is 11.1 Å². The van der Waals surface area contributed by atoms with Gasteiger partial charge in [0.2, 0.25) is 0 Å². The van der Waals surface area contributed by atoms with Crippen LogP contribution in [0.2, 0.25) is 10.0 Å². The summed E-state index contributed by atoms with van der Waals surface area (Å²) in [5.41, 5.74) is -3.84. The van der Waals surface area contributed by atoms with Crippen LogP contribution in [0.1, 0.15) is 26.8 Å². The molecular weight excluding hydrogens is 516 g/mol. The maximum absolute atomic E-state index is 14.8. The zero-order valence-corrected chi connectivity index (χ0v) is 18.8. The molecule has 1 saturated carbocycles. The van der Waals surface area contributed by atoms with Crippen LogP contribution in [0.5, 0.6) is 0 Å². The van der Waals surface area contributed by atoms with E-state index in [-0.39, 0.29) is 10.7 Å². The van der Waals surface area contributed by atoms with Gasteiger partial charge in [-0.2, -0.15) is 18.3 Å². The van der Waals surface area contributed by atoms with Gasteiger partial charge in [0.25, 0.3) is 0 Å². The van der Waals surface area contributed by atoms with Crippen LogP contribution in [0.4, 0.5) is 22.0 Å². The van der Waals surface area contributed by atoms with Gasteiger partial charge in [-0.1, -0.05) is 34.4 Å². The Bertz CT molecular complexity index is 1480. The van der Waals surface area contributed by atoms with Gasteiger partial charge in [0.1, 0.15) is 17.3 Å². The molecule has 0 spiro atoms. The highest BCUT2D eigenvalue weighted by atomic mass is 35.5. The molecule has 1 fully saturated rings. The monoisotopic (exact) mass is 531 g/mol. The van der Waals surface area contributed by atoms with Gasteiger partial charge in [0.15, 0.2) is 11.5 Å². The standard InChI is InChI=1S/C23H14Cl2F5N3O2/c24-11-2-1-3-13(6-11)33-22(23(28,29)30)15(9-31-33)21-16(10-34-14-4-5-14)20(32-35-21)19-17(25)7-12(26)8-18(19)27/h1-3,6-9,14H,4-5,10H2/i10D2. The molecule has 1 aliphatic rings. The van der Waals surface area contributed by atoms with Crippen LogP contribution in [0.25, 0.3) is 28.3 Å². The van der Waals surface area contributed by atoms with Gasteiger partial charge in [-0.05, 0) is 37.1 Å². The van der Waals surface area contributed by atoms with E-state index in [4.69, 9.17) is 35.2 Å². The number of ether oxygens (including phenoxy) is 1. The molecule has 12 heteroatoms. The minimum Gasteiger partial charge on any atom is -0.373 e. The maximum Gasteiger partial charge on any atom is 0.434 e. The van der Waals surface area contributed by atoms with Crippen molar-refractivity contribution in [2.75, 3.05) is 0 Å². The van der Waals surface area contributed by atoms with Gasteiger partial charge in [-0.3, -0.25) is 0 Å². The predicted molar refractivity (Wildman–Crippen MR) is 117 cm³/mol. The third-order valence-electron chi connectivity index (χ3n) is 5.12. The average Bonchev–Trinajstić information content (AvgIpc) is 3.29. The predicted octanol–water partition coefficient (Wildman–Crippen LogP) is 7.48. The smallest absolute Gasteiger partial charge is 0.373 e. The molecule has 1 aliphatic carbocycles. The minimum atomic E-state index is -5.01. The van der Waals surface area contributed by atoms with Crippen LogP contribution in [-0.4, -0.2) is 21.0 Å². The molecule has 0 amide bonds. The number of aromatic nitrogens is 3. The summed E-state index contributed by atoms with van der Waals surface area (Å²) in [6.45, 7) is -2.79. The van der Waals surface area contributed by atoms with E-state index in [1.54, 1.807) is 0 Å². The summed E-state index contributed by atoms with van der Waals surface area (Å²) in [6.07, 6.45) is -3.69. The van der Waals surface area contributed by atoms with Crippen molar-refractivity contribution in [1.82, 2.24) is 14.9 Å². The molecule has 0 unspecified atom stereocenters. The topological polar surface area (TPSA) is 53.1 Å². The van der Waals surface area contributed by atoms with Crippen molar-refractivity contribution in [3.05, 3.63) is 75.5 Å². The van der Waals surface area contributed by atoms with Gasteiger partial charge in [0.05, 0.1) is 49.0 Å². The zero-order valence-electron chi connectivity index (χ0n) is 19.3. The highest BCUT2D eigenvalue weighted by Crippen LogP contribution is 2.44. The number of hydrogen-bond acceptors (Lipinski definition) is 4. The van der Waals surface area contributed by atoms with E-state index in [0.717, 1.165) is 12.3 Å². The molecule has 35 heavy (non-hydrogen) atoms. The SMILES string of the molecule is [2H]C([2H])(OC1CC1)c1c(-c2c(F)cc(F)cc2Cl)noc1-c1cnn(-c2cccc(Cl)c2)c1C(F)(F)F. The van der Waals surface area contributed by atoms with Gasteiger partial charge in [-0.15, -0.1) is 0 Å². The Morgan fingerprint density at radius 2 is 1.94 bits per heavy atom. The molecule has 0 N–H and O–H groups in total. The Hall–Kier alpha value is -2.95. The van der Waals surface area contributed by atoms with E-state index in [1.807, 2.05) is 0 Å². The molecule has 4 aromatic rings. The summed E-state index contributed by atoms with van der Waals surface area (Å²) < 4.78 is 99.8. The van der Waals surface area contributed by atoms with Gasteiger partial charge in [-0.25, -0.2) is 13.5 Å². The fourth-order valence-corrected chi connectivity index (χ4v) is 3.90. The van der Waals surface area contributed by atoms with E-state index in [2.05, 4.69) is 10.3 Å². The fraction of sp³-hybridized carbons (Fsp3) is 0.217. The van der Waals surface area contributed by atoms with Crippen molar-refractivity contribution in [2.24, 2.45) is 0 Å². The molecule has 0 aliphatic heterocycles. The first-order valence-corrected chi connectivity index (χ1v) is 10.9. The summed E-state index contributed by atoms with van der Waals surface area (Å²) in [5.74, 6) is -2.95. The van der Waals surface area contributed by atoms with E-state index >= 15 is 0 Å².